The molecule has 0 heterocycles. The first-order valence-corrected chi connectivity index (χ1v) is 8.47. The first-order chi connectivity index (χ1) is 9.71. The van der Waals surface area contributed by atoms with Crippen molar-refractivity contribution in [1.29, 1.82) is 0 Å². The van der Waals surface area contributed by atoms with Crippen molar-refractivity contribution in [3.05, 3.63) is 36.0 Å². The van der Waals surface area contributed by atoms with Gasteiger partial charge in [-0.1, -0.05) is 42.9 Å². The molecular formula is C20H32O. The molecule has 0 aromatic carbocycles. The van der Waals surface area contributed by atoms with Crippen molar-refractivity contribution >= 4 is 0 Å². The molecule has 0 aromatic heterocycles. The third-order valence-corrected chi connectivity index (χ3v) is 5.67. The van der Waals surface area contributed by atoms with E-state index < -0.39 is 5.60 Å². The third-order valence-electron chi connectivity index (χ3n) is 5.67. The highest BCUT2D eigenvalue weighted by atomic mass is 16.3. The zero-order valence-electron chi connectivity index (χ0n) is 14.3. The van der Waals surface area contributed by atoms with Gasteiger partial charge in [0, 0.05) is 0 Å². The fourth-order valence-electron chi connectivity index (χ4n) is 4.20. The fourth-order valence-corrected chi connectivity index (χ4v) is 4.20. The summed E-state index contributed by atoms with van der Waals surface area (Å²) in [4.78, 5) is 0. The molecule has 1 N–H and O–H groups in total. The van der Waals surface area contributed by atoms with Crippen LogP contribution in [0.1, 0.15) is 66.2 Å². The predicted octanol–water partition coefficient (Wildman–Crippen LogP) is 5.42. The predicted molar refractivity (Wildman–Crippen MR) is 91.1 cm³/mol. The van der Waals surface area contributed by atoms with E-state index in [9.17, 15) is 5.11 Å². The molecular weight excluding hydrogens is 256 g/mol. The second kappa shape index (κ2) is 6.12. The molecule has 2 fully saturated rings. The van der Waals surface area contributed by atoms with Crippen molar-refractivity contribution in [3.63, 3.8) is 0 Å². The van der Waals surface area contributed by atoms with E-state index in [-0.39, 0.29) is 0 Å². The number of hydrogen-bond acceptors (Lipinski definition) is 1. The van der Waals surface area contributed by atoms with Crippen molar-refractivity contribution in [2.24, 2.45) is 17.3 Å². The van der Waals surface area contributed by atoms with Crippen LogP contribution in [0.3, 0.4) is 0 Å². The second-order valence-electron chi connectivity index (χ2n) is 8.11. The summed E-state index contributed by atoms with van der Waals surface area (Å²) in [5, 5.41) is 9.74. The van der Waals surface area contributed by atoms with E-state index in [2.05, 4.69) is 26.5 Å². The van der Waals surface area contributed by atoms with Gasteiger partial charge in [0.25, 0.3) is 0 Å². The smallest absolute Gasteiger partial charge is 0.0774 e. The average Bonchev–Trinajstić information content (AvgIpc) is 2.36. The Labute approximate surface area is 130 Å². The van der Waals surface area contributed by atoms with Gasteiger partial charge in [0.05, 0.1) is 5.60 Å². The molecule has 2 aliphatic carbocycles. The van der Waals surface area contributed by atoms with E-state index in [0.29, 0.717) is 17.3 Å². The summed E-state index contributed by atoms with van der Waals surface area (Å²) in [6, 6.07) is 0. The molecule has 2 aliphatic rings. The fraction of sp³-hybridized carbons (Fsp3) is 0.700. The summed E-state index contributed by atoms with van der Waals surface area (Å²) in [6.07, 6.45) is 13.9. The van der Waals surface area contributed by atoms with Gasteiger partial charge in [-0.15, -0.1) is 0 Å². The lowest BCUT2D eigenvalue weighted by molar-refractivity contribution is 0.0831. The van der Waals surface area contributed by atoms with Gasteiger partial charge in [0.2, 0.25) is 0 Å². The van der Waals surface area contributed by atoms with E-state index in [1.165, 1.54) is 49.7 Å². The standard InChI is InChI=1S/C20H32O/c1-15(8-6-11-19(3,4)21)17-10-13-20(5)12-7-9-16(2)18(20)14-17/h6,8,11,17-18,21H,2,7,9-10,12-14H2,1,3-5H3/b11-6-,15-8+/t17-,18+,20+/m1/s1. The molecule has 0 bridgehead atoms. The molecule has 118 valence electrons. The summed E-state index contributed by atoms with van der Waals surface area (Å²) in [6.45, 7) is 12.7. The van der Waals surface area contributed by atoms with E-state index in [1.807, 2.05) is 26.0 Å². The maximum absolute atomic E-state index is 9.74. The highest BCUT2D eigenvalue weighted by Gasteiger charge is 2.42. The van der Waals surface area contributed by atoms with E-state index >= 15 is 0 Å². The van der Waals surface area contributed by atoms with Gasteiger partial charge in [-0.05, 0) is 76.5 Å². The van der Waals surface area contributed by atoms with Crippen molar-refractivity contribution in [1.82, 2.24) is 0 Å². The zero-order valence-corrected chi connectivity index (χ0v) is 14.3. The van der Waals surface area contributed by atoms with Crippen molar-refractivity contribution in [3.8, 4) is 0 Å². The SMILES string of the molecule is C=C1CCC[C@@]2(C)CC[C@@H](/C(C)=C/C=C\C(C)(C)O)C[C@@H]12. The van der Waals surface area contributed by atoms with Crippen LogP contribution in [-0.2, 0) is 0 Å². The Morgan fingerprint density at radius 1 is 1.38 bits per heavy atom. The number of allylic oxidation sites excluding steroid dienone is 4. The Hall–Kier alpha value is -0.820. The Kier molecular flexibility index (Phi) is 4.82. The summed E-state index contributed by atoms with van der Waals surface area (Å²) in [5.41, 5.74) is 2.73. The highest BCUT2D eigenvalue weighted by molar-refractivity contribution is 5.20. The molecule has 1 heteroatoms. The molecule has 2 rings (SSSR count). The first-order valence-electron chi connectivity index (χ1n) is 8.47. The van der Waals surface area contributed by atoms with Crippen LogP contribution >= 0.6 is 0 Å². The molecule has 1 nitrogen and oxygen atoms in total. The quantitative estimate of drug-likeness (QED) is 0.543. The third kappa shape index (κ3) is 4.10. The van der Waals surface area contributed by atoms with Gasteiger partial charge >= 0.3 is 0 Å². The van der Waals surface area contributed by atoms with Crippen LogP contribution in [-0.4, -0.2) is 10.7 Å². The zero-order chi connectivity index (χ0) is 15.7. The molecule has 0 aromatic rings. The van der Waals surface area contributed by atoms with Crippen molar-refractivity contribution < 1.29 is 5.11 Å². The van der Waals surface area contributed by atoms with Crippen molar-refractivity contribution in [2.45, 2.75) is 71.8 Å². The Morgan fingerprint density at radius 2 is 2.10 bits per heavy atom. The minimum absolute atomic E-state index is 0.509. The second-order valence-corrected chi connectivity index (χ2v) is 8.11. The van der Waals surface area contributed by atoms with Crippen molar-refractivity contribution in [2.75, 3.05) is 0 Å². The molecule has 0 unspecified atom stereocenters. The lowest BCUT2D eigenvalue weighted by Crippen LogP contribution is -2.38. The van der Waals surface area contributed by atoms with Crippen LogP contribution in [0.5, 0.6) is 0 Å². The Balaban J connectivity index is 2.05. The minimum Gasteiger partial charge on any atom is -0.386 e. The molecule has 3 atom stereocenters. The number of aliphatic hydroxyl groups is 1. The van der Waals surface area contributed by atoms with Crippen LogP contribution in [0.25, 0.3) is 0 Å². The largest absolute Gasteiger partial charge is 0.386 e. The maximum atomic E-state index is 9.74. The maximum Gasteiger partial charge on any atom is 0.0774 e. The summed E-state index contributed by atoms with van der Waals surface area (Å²) in [5.74, 6) is 1.40. The van der Waals surface area contributed by atoms with Gasteiger partial charge in [-0.25, -0.2) is 0 Å². The van der Waals surface area contributed by atoms with Gasteiger partial charge in [-0.2, -0.15) is 0 Å². The minimum atomic E-state index is -0.723. The highest BCUT2D eigenvalue weighted by Crippen LogP contribution is 2.54. The molecule has 21 heavy (non-hydrogen) atoms. The van der Waals surface area contributed by atoms with Crippen LogP contribution < -0.4 is 0 Å². The molecule has 0 spiro atoms. The Morgan fingerprint density at radius 3 is 2.76 bits per heavy atom. The number of hydrogen-bond donors (Lipinski definition) is 1. The normalized spacial score (nSPS) is 35.1. The van der Waals surface area contributed by atoms with E-state index in [4.69, 9.17) is 0 Å². The lowest BCUT2D eigenvalue weighted by Gasteiger charge is -2.49. The van der Waals surface area contributed by atoms with Gasteiger partial charge < -0.3 is 5.11 Å². The summed E-state index contributed by atoms with van der Waals surface area (Å²) < 4.78 is 0. The van der Waals surface area contributed by atoms with Gasteiger partial charge in [0.1, 0.15) is 0 Å². The molecule has 0 amide bonds. The number of fused-ring (bicyclic) bond motifs is 1. The Bertz CT molecular complexity index is 449. The first kappa shape index (κ1) is 16.5. The molecule has 0 saturated heterocycles. The summed E-state index contributed by atoms with van der Waals surface area (Å²) >= 11 is 0. The van der Waals surface area contributed by atoms with Crippen LogP contribution in [0.15, 0.2) is 36.0 Å². The molecule has 0 aliphatic heterocycles. The van der Waals surface area contributed by atoms with Gasteiger partial charge in [-0.3, -0.25) is 0 Å². The van der Waals surface area contributed by atoms with Crippen LogP contribution in [0.4, 0.5) is 0 Å². The topological polar surface area (TPSA) is 20.2 Å². The lowest BCUT2D eigenvalue weighted by atomic mass is 9.56. The van der Waals surface area contributed by atoms with Crippen LogP contribution in [0.2, 0.25) is 0 Å². The van der Waals surface area contributed by atoms with E-state index in [1.54, 1.807) is 0 Å². The molecule has 0 radical (unpaired) electrons. The average molecular weight is 288 g/mol. The summed E-state index contributed by atoms with van der Waals surface area (Å²) in [7, 11) is 0. The van der Waals surface area contributed by atoms with Gasteiger partial charge in [0.15, 0.2) is 0 Å². The molecule has 2 saturated carbocycles. The van der Waals surface area contributed by atoms with Crippen LogP contribution in [0, 0.1) is 17.3 Å². The van der Waals surface area contributed by atoms with E-state index in [0.717, 1.165) is 0 Å². The number of rotatable bonds is 3. The monoisotopic (exact) mass is 288 g/mol.